The molecule has 0 bridgehead atoms. The van der Waals surface area contributed by atoms with Gasteiger partial charge in [-0.2, -0.15) is 0 Å². The molecule has 0 N–H and O–H groups in total. The normalized spacial score (nSPS) is 21.0. The molecule has 17 heavy (non-hydrogen) atoms. The van der Waals surface area contributed by atoms with E-state index in [4.69, 9.17) is 0 Å². The molecule has 0 aromatic heterocycles. The van der Waals surface area contributed by atoms with Crippen molar-refractivity contribution in [3.63, 3.8) is 0 Å². The van der Waals surface area contributed by atoms with Crippen molar-refractivity contribution in [1.29, 1.82) is 0 Å². The summed E-state index contributed by atoms with van der Waals surface area (Å²) in [5.41, 5.74) is 0.970. The Bertz CT molecular complexity index is 470. The summed E-state index contributed by atoms with van der Waals surface area (Å²) in [5.74, 6) is -0.177. The Morgan fingerprint density at radius 3 is 2.18 bits per heavy atom. The Morgan fingerprint density at radius 2 is 1.59 bits per heavy atom. The lowest BCUT2D eigenvalue weighted by atomic mass is 10.0. The maximum absolute atomic E-state index is 12.2. The van der Waals surface area contributed by atoms with Crippen molar-refractivity contribution in [3.8, 4) is 0 Å². The molecule has 0 saturated carbocycles. The number of carbonyl (C=O) groups excluding carboxylic acids is 2. The molecule has 1 aromatic rings. The third-order valence-corrected chi connectivity index (χ3v) is 3.25. The molecule has 1 heterocycles. The van der Waals surface area contributed by atoms with Gasteiger partial charge in [0.1, 0.15) is 0 Å². The highest BCUT2D eigenvalue weighted by Crippen LogP contribution is 2.18. The van der Waals surface area contributed by atoms with Crippen LogP contribution in [0.15, 0.2) is 24.3 Å². The van der Waals surface area contributed by atoms with Gasteiger partial charge in [0.25, 0.3) is 11.8 Å². The minimum absolute atomic E-state index is 0.0183. The minimum Gasteiger partial charge on any atom is -0.340 e. The number of likely N-dealkylation sites (N-methyl/N-ethyl adjacent to an activating group) is 2. The molecule has 1 unspecified atom stereocenters. The lowest BCUT2D eigenvalue weighted by molar-refractivity contribution is 0.0618. The summed E-state index contributed by atoms with van der Waals surface area (Å²) in [6.45, 7) is 2.49. The average Bonchev–Trinajstić information content (AvgIpc) is 2.35. The summed E-state index contributed by atoms with van der Waals surface area (Å²) in [6, 6.07) is 6.99. The smallest absolute Gasteiger partial charge is 0.254 e. The van der Waals surface area contributed by atoms with Gasteiger partial charge in [0, 0.05) is 26.7 Å². The molecule has 90 valence electrons. The molecule has 4 heteroatoms. The lowest BCUT2D eigenvalue weighted by Crippen LogP contribution is -2.46. The molecule has 0 spiro atoms. The number of nitrogens with zero attached hydrogens (tertiary/aromatic N) is 2. The predicted molar refractivity (Wildman–Crippen MR) is 65.0 cm³/mol. The first kappa shape index (κ1) is 11.6. The second-order valence-electron chi connectivity index (χ2n) is 4.50. The Balaban J connectivity index is 2.56. The SMILES string of the molecule is CC1CN(C)C(=O)c2ccccc2C(=O)N1C. The second-order valence-corrected chi connectivity index (χ2v) is 4.50. The van der Waals surface area contributed by atoms with E-state index in [0.717, 1.165) is 0 Å². The predicted octanol–water partition coefficient (Wildman–Crippen LogP) is 1.23. The van der Waals surface area contributed by atoms with Crippen LogP contribution in [0.25, 0.3) is 0 Å². The van der Waals surface area contributed by atoms with Crippen LogP contribution in [-0.4, -0.2) is 48.3 Å². The molecule has 1 atom stereocenters. The Kier molecular flexibility index (Phi) is 2.88. The number of hydrogen-bond donors (Lipinski definition) is 0. The van der Waals surface area contributed by atoms with Crippen LogP contribution >= 0.6 is 0 Å². The Morgan fingerprint density at radius 1 is 1.06 bits per heavy atom. The zero-order valence-corrected chi connectivity index (χ0v) is 10.3. The summed E-state index contributed by atoms with van der Waals surface area (Å²) >= 11 is 0. The Hall–Kier alpha value is -1.84. The molecule has 1 aliphatic heterocycles. The fraction of sp³-hybridized carbons (Fsp3) is 0.385. The molecule has 0 saturated heterocycles. The number of benzene rings is 1. The summed E-state index contributed by atoms with van der Waals surface area (Å²) in [7, 11) is 3.53. The zero-order chi connectivity index (χ0) is 12.6. The van der Waals surface area contributed by atoms with E-state index in [1.54, 1.807) is 48.2 Å². The van der Waals surface area contributed by atoms with Crippen LogP contribution in [0.1, 0.15) is 27.6 Å². The Labute approximate surface area is 101 Å². The van der Waals surface area contributed by atoms with Crippen molar-refractivity contribution in [2.75, 3.05) is 20.6 Å². The van der Waals surface area contributed by atoms with E-state index < -0.39 is 0 Å². The minimum atomic E-state index is -0.0890. The first-order valence-electron chi connectivity index (χ1n) is 5.64. The fourth-order valence-electron chi connectivity index (χ4n) is 2.05. The highest BCUT2D eigenvalue weighted by molar-refractivity contribution is 6.07. The average molecular weight is 232 g/mol. The van der Waals surface area contributed by atoms with Gasteiger partial charge >= 0.3 is 0 Å². The van der Waals surface area contributed by atoms with Gasteiger partial charge in [0.2, 0.25) is 0 Å². The summed E-state index contributed by atoms with van der Waals surface area (Å²) in [6.07, 6.45) is 0. The van der Waals surface area contributed by atoms with E-state index in [1.165, 1.54) is 0 Å². The van der Waals surface area contributed by atoms with Crippen LogP contribution in [-0.2, 0) is 0 Å². The number of hydrogen-bond acceptors (Lipinski definition) is 2. The van der Waals surface area contributed by atoms with Crippen LogP contribution in [0.2, 0.25) is 0 Å². The van der Waals surface area contributed by atoms with Crippen LogP contribution in [0.4, 0.5) is 0 Å². The molecular formula is C13H16N2O2. The molecular weight excluding hydrogens is 216 g/mol. The standard InChI is InChI=1S/C13H16N2O2/c1-9-8-14(2)12(16)10-6-4-5-7-11(10)13(17)15(9)3/h4-7,9H,8H2,1-3H3. The van der Waals surface area contributed by atoms with Gasteiger partial charge in [-0.1, -0.05) is 12.1 Å². The summed E-state index contributed by atoms with van der Waals surface area (Å²) in [4.78, 5) is 27.7. The molecule has 0 aliphatic carbocycles. The van der Waals surface area contributed by atoms with E-state index in [9.17, 15) is 9.59 Å². The van der Waals surface area contributed by atoms with Gasteiger partial charge in [0.15, 0.2) is 0 Å². The van der Waals surface area contributed by atoms with Gasteiger partial charge in [-0.3, -0.25) is 9.59 Å². The number of carbonyl (C=O) groups is 2. The highest BCUT2D eigenvalue weighted by atomic mass is 16.2. The van der Waals surface area contributed by atoms with Crippen molar-refractivity contribution in [3.05, 3.63) is 35.4 Å². The maximum Gasteiger partial charge on any atom is 0.254 e. The number of fused-ring (bicyclic) bond motifs is 1. The van der Waals surface area contributed by atoms with Crippen molar-refractivity contribution in [2.24, 2.45) is 0 Å². The molecule has 4 nitrogen and oxygen atoms in total. The topological polar surface area (TPSA) is 40.6 Å². The number of rotatable bonds is 0. The van der Waals surface area contributed by atoms with E-state index >= 15 is 0 Å². The second kappa shape index (κ2) is 4.20. The molecule has 0 fully saturated rings. The first-order chi connectivity index (χ1) is 8.02. The summed E-state index contributed by atoms with van der Waals surface area (Å²) in [5, 5.41) is 0. The molecule has 2 rings (SSSR count). The van der Waals surface area contributed by atoms with Gasteiger partial charge in [-0.15, -0.1) is 0 Å². The lowest BCUT2D eigenvalue weighted by Gasteiger charge is -2.32. The van der Waals surface area contributed by atoms with Crippen molar-refractivity contribution >= 4 is 11.8 Å². The number of amides is 2. The zero-order valence-electron chi connectivity index (χ0n) is 10.3. The van der Waals surface area contributed by atoms with E-state index in [2.05, 4.69) is 0 Å². The van der Waals surface area contributed by atoms with Gasteiger partial charge in [0.05, 0.1) is 11.1 Å². The van der Waals surface area contributed by atoms with Gasteiger partial charge in [-0.25, -0.2) is 0 Å². The van der Waals surface area contributed by atoms with Crippen LogP contribution in [0.3, 0.4) is 0 Å². The third-order valence-electron chi connectivity index (χ3n) is 3.25. The van der Waals surface area contributed by atoms with Crippen LogP contribution in [0, 0.1) is 0 Å². The molecule has 1 aromatic carbocycles. The monoisotopic (exact) mass is 232 g/mol. The van der Waals surface area contributed by atoms with E-state index in [0.29, 0.717) is 17.7 Å². The molecule has 2 amide bonds. The van der Waals surface area contributed by atoms with Crippen LogP contribution in [0.5, 0.6) is 0 Å². The van der Waals surface area contributed by atoms with Crippen molar-refractivity contribution < 1.29 is 9.59 Å². The largest absolute Gasteiger partial charge is 0.340 e. The van der Waals surface area contributed by atoms with Crippen molar-refractivity contribution in [2.45, 2.75) is 13.0 Å². The fourth-order valence-corrected chi connectivity index (χ4v) is 2.05. The molecule has 0 radical (unpaired) electrons. The highest BCUT2D eigenvalue weighted by Gasteiger charge is 2.28. The van der Waals surface area contributed by atoms with Crippen molar-refractivity contribution in [1.82, 2.24) is 9.80 Å². The molecule has 1 aliphatic rings. The quantitative estimate of drug-likeness (QED) is 0.675. The third kappa shape index (κ3) is 1.90. The van der Waals surface area contributed by atoms with Gasteiger partial charge < -0.3 is 9.80 Å². The van der Waals surface area contributed by atoms with E-state index in [1.807, 2.05) is 6.92 Å². The van der Waals surface area contributed by atoms with E-state index in [-0.39, 0.29) is 17.9 Å². The summed E-state index contributed by atoms with van der Waals surface area (Å²) < 4.78 is 0. The maximum atomic E-state index is 12.2. The first-order valence-corrected chi connectivity index (χ1v) is 5.64. The van der Waals surface area contributed by atoms with Crippen LogP contribution < -0.4 is 0 Å². The van der Waals surface area contributed by atoms with Gasteiger partial charge in [-0.05, 0) is 19.1 Å².